The van der Waals surface area contributed by atoms with Crippen LogP contribution in [0.3, 0.4) is 0 Å². The highest BCUT2D eigenvalue weighted by Gasteiger charge is 2.20. The van der Waals surface area contributed by atoms with E-state index in [1.54, 1.807) is 23.1 Å². The van der Waals surface area contributed by atoms with Gasteiger partial charge in [-0.05, 0) is 45.0 Å². The van der Waals surface area contributed by atoms with Crippen LogP contribution in [0.5, 0.6) is 0 Å². The summed E-state index contributed by atoms with van der Waals surface area (Å²) in [6, 6.07) is 14.6. The summed E-state index contributed by atoms with van der Waals surface area (Å²) in [5.41, 5.74) is 2.18. The van der Waals surface area contributed by atoms with Crippen LogP contribution in [0, 0.1) is 6.92 Å². The summed E-state index contributed by atoms with van der Waals surface area (Å²) in [7, 11) is 0. The smallest absolute Gasteiger partial charge is 0.258 e. The second-order valence-corrected chi connectivity index (χ2v) is 6.42. The molecule has 0 saturated heterocycles. The quantitative estimate of drug-likeness (QED) is 0.796. The molecule has 0 radical (unpaired) electrons. The SMILES string of the molecule is Cc1ccc(C(=O)N(Cc2nc3ccccc3c(=O)[nH]2)C(C)C)cc1. The predicted molar refractivity (Wildman–Crippen MR) is 98.6 cm³/mol. The maximum absolute atomic E-state index is 12.9. The molecule has 0 unspecified atom stereocenters. The molecule has 3 rings (SSSR count). The Balaban J connectivity index is 1.93. The van der Waals surface area contributed by atoms with Crippen molar-refractivity contribution in [2.24, 2.45) is 0 Å². The number of nitrogens with zero attached hydrogens (tertiary/aromatic N) is 2. The number of carbonyl (C=O) groups excluding carboxylic acids is 1. The van der Waals surface area contributed by atoms with E-state index in [-0.39, 0.29) is 24.1 Å². The molecule has 0 aliphatic heterocycles. The molecule has 5 heteroatoms. The van der Waals surface area contributed by atoms with Gasteiger partial charge in [0.1, 0.15) is 5.82 Å². The Morgan fingerprint density at radius 3 is 2.48 bits per heavy atom. The number of H-pyrrole nitrogens is 1. The van der Waals surface area contributed by atoms with Crippen molar-refractivity contribution < 1.29 is 4.79 Å². The van der Waals surface area contributed by atoms with E-state index >= 15 is 0 Å². The van der Waals surface area contributed by atoms with E-state index in [1.165, 1.54) is 0 Å². The second kappa shape index (κ2) is 6.89. The van der Waals surface area contributed by atoms with Gasteiger partial charge in [0, 0.05) is 11.6 Å². The van der Waals surface area contributed by atoms with Crippen LogP contribution in [0.15, 0.2) is 53.3 Å². The minimum atomic E-state index is -0.188. The Kier molecular flexibility index (Phi) is 4.65. The maximum Gasteiger partial charge on any atom is 0.258 e. The summed E-state index contributed by atoms with van der Waals surface area (Å²) < 4.78 is 0. The first-order valence-corrected chi connectivity index (χ1v) is 8.31. The Bertz CT molecular complexity index is 959. The van der Waals surface area contributed by atoms with Crippen LogP contribution in [0.1, 0.15) is 35.6 Å². The molecule has 1 aromatic heterocycles. The molecule has 0 fully saturated rings. The molecular formula is C20H21N3O2. The van der Waals surface area contributed by atoms with E-state index in [9.17, 15) is 9.59 Å². The number of hydrogen-bond acceptors (Lipinski definition) is 3. The van der Waals surface area contributed by atoms with Crippen molar-refractivity contribution >= 4 is 16.8 Å². The summed E-state index contributed by atoms with van der Waals surface area (Å²) >= 11 is 0. The molecule has 1 heterocycles. The first-order chi connectivity index (χ1) is 12.0. The molecule has 0 bridgehead atoms. The molecule has 3 aromatic rings. The van der Waals surface area contributed by atoms with Crippen LogP contribution < -0.4 is 5.56 Å². The van der Waals surface area contributed by atoms with Gasteiger partial charge in [-0.1, -0.05) is 29.8 Å². The Hall–Kier alpha value is -2.95. The zero-order valence-corrected chi connectivity index (χ0v) is 14.6. The number of aromatic amines is 1. The first kappa shape index (κ1) is 16.9. The Labute approximate surface area is 146 Å². The highest BCUT2D eigenvalue weighted by atomic mass is 16.2. The fourth-order valence-electron chi connectivity index (χ4n) is 2.72. The van der Waals surface area contributed by atoms with Gasteiger partial charge in [0.25, 0.3) is 11.5 Å². The van der Waals surface area contributed by atoms with Crippen molar-refractivity contribution in [1.29, 1.82) is 0 Å². The standard InChI is InChI=1S/C20H21N3O2/c1-13(2)23(20(25)15-10-8-14(3)9-11-15)12-18-21-17-7-5-4-6-16(17)19(24)22-18/h4-11,13H,12H2,1-3H3,(H,21,22,24). The minimum absolute atomic E-state index is 0.0226. The zero-order valence-electron chi connectivity index (χ0n) is 14.6. The van der Waals surface area contributed by atoms with Crippen molar-refractivity contribution in [3.63, 3.8) is 0 Å². The lowest BCUT2D eigenvalue weighted by Crippen LogP contribution is -2.37. The molecule has 0 saturated carbocycles. The van der Waals surface area contributed by atoms with E-state index in [4.69, 9.17) is 0 Å². The predicted octanol–water partition coefficient (Wildman–Crippen LogP) is 3.28. The number of amides is 1. The lowest BCUT2D eigenvalue weighted by molar-refractivity contribution is 0.0685. The van der Waals surface area contributed by atoms with E-state index in [2.05, 4.69) is 9.97 Å². The van der Waals surface area contributed by atoms with Crippen LogP contribution in [0.4, 0.5) is 0 Å². The lowest BCUT2D eigenvalue weighted by Gasteiger charge is -2.26. The Morgan fingerprint density at radius 2 is 1.80 bits per heavy atom. The van der Waals surface area contributed by atoms with Crippen molar-refractivity contribution in [2.75, 3.05) is 0 Å². The molecule has 25 heavy (non-hydrogen) atoms. The number of hydrogen-bond donors (Lipinski definition) is 1. The van der Waals surface area contributed by atoms with Gasteiger partial charge in [0.15, 0.2) is 0 Å². The highest BCUT2D eigenvalue weighted by molar-refractivity contribution is 5.94. The van der Waals surface area contributed by atoms with Gasteiger partial charge in [-0.25, -0.2) is 4.98 Å². The second-order valence-electron chi connectivity index (χ2n) is 6.42. The lowest BCUT2D eigenvalue weighted by atomic mass is 10.1. The number of benzene rings is 2. The monoisotopic (exact) mass is 335 g/mol. The van der Waals surface area contributed by atoms with Gasteiger partial charge >= 0.3 is 0 Å². The van der Waals surface area contributed by atoms with Crippen LogP contribution in [-0.2, 0) is 6.54 Å². The molecule has 0 spiro atoms. The van der Waals surface area contributed by atoms with Crippen molar-refractivity contribution in [3.8, 4) is 0 Å². The summed E-state index contributed by atoms with van der Waals surface area (Å²) in [4.78, 5) is 34.1. The molecular weight excluding hydrogens is 314 g/mol. The third-order valence-electron chi connectivity index (χ3n) is 4.16. The fourth-order valence-corrected chi connectivity index (χ4v) is 2.72. The topological polar surface area (TPSA) is 66.1 Å². The van der Waals surface area contributed by atoms with Gasteiger partial charge in [-0.2, -0.15) is 0 Å². The molecule has 1 amide bonds. The number of aryl methyl sites for hydroxylation is 1. The van der Waals surface area contributed by atoms with Crippen LogP contribution in [-0.4, -0.2) is 26.8 Å². The van der Waals surface area contributed by atoms with Crippen molar-refractivity contribution in [1.82, 2.24) is 14.9 Å². The number of fused-ring (bicyclic) bond motifs is 1. The van der Waals surface area contributed by atoms with E-state index in [1.807, 2.05) is 51.1 Å². The molecule has 2 aromatic carbocycles. The third-order valence-corrected chi connectivity index (χ3v) is 4.16. The fraction of sp³-hybridized carbons (Fsp3) is 0.250. The van der Waals surface area contributed by atoms with Gasteiger partial charge in [0.2, 0.25) is 0 Å². The van der Waals surface area contributed by atoms with Crippen LogP contribution >= 0.6 is 0 Å². The summed E-state index contributed by atoms with van der Waals surface area (Å²) in [6.45, 7) is 6.14. The average molecular weight is 335 g/mol. The van der Waals surface area contributed by atoms with E-state index < -0.39 is 0 Å². The minimum Gasteiger partial charge on any atom is -0.329 e. The third kappa shape index (κ3) is 3.60. The number of rotatable bonds is 4. The molecule has 0 aliphatic rings. The van der Waals surface area contributed by atoms with Gasteiger partial charge in [-0.15, -0.1) is 0 Å². The highest BCUT2D eigenvalue weighted by Crippen LogP contribution is 2.13. The van der Waals surface area contributed by atoms with Crippen LogP contribution in [0.2, 0.25) is 0 Å². The molecule has 1 N–H and O–H groups in total. The number of carbonyl (C=O) groups is 1. The van der Waals surface area contributed by atoms with Gasteiger partial charge in [0.05, 0.1) is 17.4 Å². The van der Waals surface area contributed by atoms with Gasteiger partial charge in [-0.3, -0.25) is 9.59 Å². The number of aromatic nitrogens is 2. The summed E-state index contributed by atoms with van der Waals surface area (Å²) in [5.74, 6) is 0.406. The molecule has 0 aliphatic carbocycles. The maximum atomic E-state index is 12.9. The number of para-hydroxylation sites is 1. The van der Waals surface area contributed by atoms with E-state index in [0.717, 1.165) is 5.56 Å². The average Bonchev–Trinajstić information content (AvgIpc) is 2.59. The Morgan fingerprint density at radius 1 is 1.12 bits per heavy atom. The molecule has 5 nitrogen and oxygen atoms in total. The molecule has 128 valence electrons. The first-order valence-electron chi connectivity index (χ1n) is 8.31. The summed E-state index contributed by atoms with van der Waals surface area (Å²) in [6.07, 6.45) is 0. The number of nitrogens with one attached hydrogen (secondary N) is 1. The normalized spacial score (nSPS) is 11.0. The van der Waals surface area contributed by atoms with Gasteiger partial charge < -0.3 is 9.88 Å². The largest absolute Gasteiger partial charge is 0.329 e. The van der Waals surface area contributed by atoms with Crippen molar-refractivity contribution in [3.05, 3.63) is 75.8 Å². The van der Waals surface area contributed by atoms with E-state index in [0.29, 0.717) is 22.3 Å². The van der Waals surface area contributed by atoms with Crippen molar-refractivity contribution in [2.45, 2.75) is 33.4 Å². The van der Waals surface area contributed by atoms with Crippen LogP contribution in [0.25, 0.3) is 10.9 Å². The zero-order chi connectivity index (χ0) is 18.0. The summed E-state index contributed by atoms with van der Waals surface area (Å²) in [5, 5.41) is 0.548. The molecule has 0 atom stereocenters.